The van der Waals surface area contributed by atoms with Crippen LogP contribution in [-0.2, 0) is 9.59 Å². The number of carboxylic acids is 1. The number of carbonyl (C=O) groups excluding carboxylic acids is 1. The van der Waals surface area contributed by atoms with Gasteiger partial charge in [0.25, 0.3) is 0 Å². The summed E-state index contributed by atoms with van der Waals surface area (Å²) in [6.45, 7) is -0.407. The van der Waals surface area contributed by atoms with Gasteiger partial charge in [0.15, 0.2) is 6.54 Å². The summed E-state index contributed by atoms with van der Waals surface area (Å²) < 4.78 is 281. The second-order valence-corrected chi connectivity index (χ2v) is 11.6. The third-order valence-electron chi connectivity index (χ3n) is 6.19. The quantitative estimate of drug-likeness (QED) is 0.0838. The first-order valence-electron chi connectivity index (χ1n) is 12.1. The van der Waals surface area contributed by atoms with E-state index < -0.39 is 89.3 Å². The summed E-state index contributed by atoms with van der Waals surface area (Å²) in [4.78, 5) is 22.4. The lowest BCUT2D eigenvalue weighted by atomic mass is 9.86. The van der Waals surface area contributed by atoms with E-state index in [0.29, 0.717) is 0 Å². The Morgan fingerprint density at radius 3 is 1.31 bits per heavy atom. The minimum absolute atomic E-state index is 0.0839. The van der Waals surface area contributed by atoms with Crippen LogP contribution in [0, 0.1) is 0 Å². The second-order valence-electron chi connectivity index (χ2n) is 10.5. The van der Waals surface area contributed by atoms with Gasteiger partial charge in [-0.25, -0.2) is 4.79 Å². The molecule has 0 saturated heterocycles. The maximum absolute atomic E-state index is 14.0. The van der Waals surface area contributed by atoms with E-state index in [-0.39, 0.29) is 42.3 Å². The Morgan fingerprint density at radius 1 is 0.604 bits per heavy atom. The van der Waals surface area contributed by atoms with E-state index >= 15 is 0 Å². The predicted molar refractivity (Wildman–Crippen MR) is 120 cm³/mol. The lowest BCUT2D eigenvalue weighted by molar-refractivity contribution is -0.883. The van der Waals surface area contributed by atoms with Gasteiger partial charge >= 0.3 is 65.4 Å². The lowest BCUT2D eigenvalue weighted by Crippen LogP contribution is -2.76. The highest BCUT2D eigenvalue weighted by atomic mass is 32.2. The number of aliphatic carboxylic acids is 1. The van der Waals surface area contributed by atoms with E-state index in [1.807, 2.05) is 0 Å². The summed E-state index contributed by atoms with van der Waals surface area (Å²) in [5.41, 5.74) is 0. The Balaban J connectivity index is 5.94. The average Bonchev–Trinajstić information content (AvgIpc) is 2.86. The SMILES string of the molecule is C[N+](C)(CCCNC(=O)CSCCC(F)(F)C(F)(F)C(F)(F)C(F)(F)C(F)(F)C(F)(F)C(F)(F)C(F)(F)C(F)(F)C(F)(F)F)CC(=O)O. The summed E-state index contributed by atoms with van der Waals surface area (Å²) in [6, 6.07) is 0. The molecule has 0 radical (unpaired) electrons. The highest BCUT2D eigenvalue weighted by Crippen LogP contribution is 2.66. The van der Waals surface area contributed by atoms with Crippen molar-refractivity contribution in [1.82, 2.24) is 5.32 Å². The maximum atomic E-state index is 14.0. The first-order chi connectivity index (χ1) is 20.8. The topological polar surface area (TPSA) is 66.4 Å². The maximum Gasteiger partial charge on any atom is 0.460 e. The number of alkyl halides is 21. The molecule has 0 aromatic rings. The van der Waals surface area contributed by atoms with Gasteiger partial charge in [-0.1, -0.05) is 0 Å². The molecule has 0 rings (SSSR count). The van der Waals surface area contributed by atoms with Crippen molar-refractivity contribution in [3.63, 3.8) is 0 Å². The van der Waals surface area contributed by atoms with E-state index in [1.54, 1.807) is 0 Å². The number of carbonyl (C=O) groups is 2. The average molecular weight is 781 g/mol. The Morgan fingerprint density at radius 2 is 0.958 bits per heavy atom. The summed E-state index contributed by atoms with van der Waals surface area (Å²) in [6.07, 6.45) is -10.7. The van der Waals surface area contributed by atoms with E-state index in [2.05, 4.69) is 5.32 Å². The van der Waals surface area contributed by atoms with E-state index in [4.69, 9.17) is 5.11 Å². The number of thioether (sulfide) groups is 1. The molecule has 0 spiro atoms. The fourth-order valence-electron chi connectivity index (χ4n) is 3.34. The Kier molecular flexibility index (Phi) is 13.2. The molecule has 0 saturated carbocycles. The van der Waals surface area contributed by atoms with Crippen molar-refractivity contribution in [1.29, 1.82) is 0 Å². The van der Waals surface area contributed by atoms with E-state index in [0.717, 1.165) is 0 Å². The van der Waals surface area contributed by atoms with Gasteiger partial charge in [0, 0.05) is 19.4 Å². The molecule has 0 atom stereocenters. The molecular weight excluding hydrogens is 759 g/mol. The highest BCUT2D eigenvalue weighted by Gasteiger charge is 2.97. The summed E-state index contributed by atoms with van der Waals surface area (Å²) in [7, 11) is 2.95. The molecule has 48 heavy (non-hydrogen) atoms. The van der Waals surface area contributed by atoms with Crippen LogP contribution in [0.4, 0.5) is 92.2 Å². The molecule has 5 nitrogen and oxygen atoms in total. The molecule has 27 heteroatoms. The number of rotatable bonds is 19. The molecule has 286 valence electrons. The lowest BCUT2D eigenvalue weighted by Gasteiger charge is -2.44. The molecule has 1 amide bonds. The number of amides is 1. The predicted octanol–water partition coefficient (Wildman–Crippen LogP) is 7.06. The van der Waals surface area contributed by atoms with Crippen LogP contribution in [0.2, 0.25) is 0 Å². The number of quaternary nitrogens is 1. The van der Waals surface area contributed by atoms with Gasteiger partial charge in [-0.3, -0.25) is 4.79 Å². The largest absolute Gasteiger partial charge is 0.477 e. The van der Waals surface area contributed by atoms with Crippen molar-refractivity contribution in [3.05, 3.63) is 0 Å². The molecule has 0 heterocycles. The van der Waals surface area contributed by atoms with Crippen molar-refractivity contribution in [2.45, 2.75) is 72.3 Å². The van der Waals surface area contributed by atoms with Gasteiger partial charge in [0.2, 0.25) is 5.91 Å². The van der Waals surface area contributed by atoms with Crippen LogP contribution >= 0.6 is 11.8 Å². The highest BCUT2D eigenvalue weighted by molar-refractivity contribution is 7.99. The smallest absolute Gasteiger partial charge is 0.460 e. The van der Waals surface area contributed by atoms with E-state index in [1.165, 1.54) is 14.1 Å². The van der Waals surface area contributed by atoms with Crippen LogP contribution in [-0.4, -0.2) is 126 Å². The van der Waals surface area contributed by atoms with Crippen molar-refractivity contribution in [2.24, 2.45) is 0 Å². The molecule has 0 aromatic heterocycles. The van der Waals surface area contributed by atoms with Gasteiger partial charge in [-0.15, -0.1) is 0 Å². The zero-order chi connectivity index (χ0) is 39.0. The number of halogens is 21. The first kappa shape index (κ1) is 45.8. The molecule has 0 bridgehead atoms. The molecule has 0 fully saturated rings. The molecular formula is C21H22F21N2O3S+. The molecule has 0 aliphatic heterocycles. The number of nitrogens with zero attached hydrogens (tertiary/aromatic N) is 1. The van der Waals surface area contributed by atoms with Crippen LogP contribution in [0.25, 0.3) is 0 Å². The Bertz CT molecular complexity index is 1140. The summed E-state index contributed by atoms with van der Waals surface area (Å²) >= 11 is -0.138. The third-order valence-corrected chi connectivity index (χ3v) is 7.15. The normalized spacial score (nSPS) is 15.5. The van der Waals surface area contributed by atoms with Crippen LogP contribution in [0.3, 0.4) is 0 Å². The molecule has 0 aliphatic carbocycles. The summed E-state index contributed by atoms with van der Waals surface area (Å²) in [5.74, 6) is -82.2. The van der Waals surface area contributed by atoms with Gasteiger partial charge < -0.3 is 14.9 Å². The zero-order valence-electron chi connectivity index (χ0n) is 23.5. The molecule has 2 N–H and O–H groups in total. The van der Waals surface area contributed by atoms with Gasteiger partial charge in [0.1, 0.15) is 0 Å². The van der Waals surface area contributed by atoms with Gasteiger partial charge in [-0.2, -0.15) is 104 Å². The van der Waals surface area contributed by atoms with E-state index in [9.17, 15) is 102 Å². The second kappa shape index (κ2) is 13.8. The molecule has 0 aliphatic rings. The van der Waals surface area contributed by atoms with Crippen molar-refractivity contribution >= 4 is 23.6 Å². The first-order valence-corrected chi connectivity index (χ1v) is 13.3. The molecule has 0 aromatic carbocycles. The number of nitrogens with one attached hydrogen (secondary N) is 1. The minimum atomic E-state index is -9.22. The van der Waals surface area contributed by atoms with Gasteiger partial charge in [-0.05, 0) is 5.75 Å². The van der Waals surface area contributed by atoms with Crippen LogP contribution in [0.1, 0.15) is 12.8 Å². The number of carboxylic acid groups (broad SMARTS) is 1. The van der Waals surface area contributed by atoms with Gasteiger partial charge in [0.05, 0.1) is 26.4 Å². The molecule has 0 unspecified atom stereocenters. The monoisotopic (exact) mass is 781 g/mol. The van der Waals surface area contributed by atoms with Crippen LogP contribution in [0.5, 0.6) is 0 Å². The number of hydrogen-bond donors (Lipinski definition) is 2. The Hall–Kier alpha value is -2.22. The number of hydrogen-bond acceptors (Lipinski definition) is 3. The minimum Gasteiger partial charge on any atom is -0.477 e. The zero-order valence-corrected chi connectivity index (χ0v) is 24.3. The fraction of sp³-hybridized carbons (Fsp3) is 0.905. The summed E-state index contributed by atoms with van der Waals surface area (Å²) in [5, 5.41) is 10.8. The fourth-order valence-corrected chi connectivity index (χ4v) is 4.18. The Labute approximate surface area is 258 Å². The number of likely N-dealkylation sites (N-methyl/N-ethyl adjacent to an activating group) is 1. The standard InChI is InChI=1S/C21H21F21N2O3S/c1-44(2,8-11(46)47)6-3-5-43-10(45)9-48-7-4-12(22,23)13(24,25)14(26,27)15(28,29)16(30,31)17(32,33)18(34,35)19(36,37)20(38,39)21(40,41)42/h3-9H2,1-2H3,(H-,43,45,46,47)/p+1. The van der Waals surface area contributed by atoms with Crippen LogP contribution in [0.15, 0.2) is 0 Å². The van der Waals surface area contributed by atoms with Crippen molar-refractivity contribution in [3.8, 4) is 0 Å². The third kappa shape index (κ3) is 8.05. The van der Waals surface area contributed by atoms with Crippen LogP contribution < -0.4 is 5.32 Å². The van der Waals surface area contributed by atoms with Crippen molar-refractivity contribution < 1.29 is 111 Å². The van der Waals surface area contributed by atoms with Crippen molar-refractivity contribution in [2.75, 3.05) is 45.2 Å².